The lowest BCUT2D eigenvalue weighted by Crippen LogP contribution is -2.05. The molecule has 0 saturated heterocycles. The number of aromatic nitrogens is 1. The predicted octanol–water partition coefficient (Wildman–Crippen LogP) is 4.32. The highest BCUT2D eigenvalue weighted by atomic mass is 79.9. The van der Waals surface area contributed by atoms with Gasteiger partial charge in [-0.3, -0.25) is 0 Å². The van der Waals surface area contributed by atoms with Gasteiger partial charge in [-0.2, -0.15) is 4.98 Å². The fourth-order valence-corrected chi connectivity index (χ4v) is 2.21. The van der Waals surface area contributed by atoms with E-state index in [4.69, 9.17) is 20.8 Å². The zero-order valence-corrected chi connectivity index (χ0v) is 13.2. The van der Waals surface area contributed by atoms with Crippen molar-refractivity contribution in [3.8, 4) is 0 Å². The number of ether oxygens (including phenoxy) is 1. The average Bonchev–Trinajstić information content (AvgIpc) is 2.85. The Morgan fingerprint density at radius 2 is 2.30 bits per heavy atom. The summed E-state index contributed by atoms with van der Waals surface area (Å²) >= 11 is 9.48. The molecule has 2 rings (SSSR count). The third-order valence-electron chi connectivity index (χ3n) is 2.48. The lowest BCUT2D eigenvalue weighted by molar-refractivity contribution is 0.0519. The van der Waals surface area contributed by atoms with Crippen LogP contribution in [0, 0.1) is 6.92 Å². The van der Waals surface area contributed by atoms with Crippen LogP contribution in [0.15, 0.2) is 27.3 Å². The summed E-state index contributed by atoms with van der Waals surface area (Å²) in [5.41, 5.74) is 1.75. The summed E-state index contributed by atoms with van der Waals surface area (Å²) < 4.78 is 10.8. The normalized spacial score (nSPS) is 10.4. The number of oxazole rings is 1. The first-order valence-electron chi connectivity index (χ1n) is 5.86. The molecule has 7 heteroatoms. The molecule has 0 bridgehead atoms. The monoisotopic (exact) mass is 358 g/mol. The Bertz CT molecular complexity index is 643. The molecule has 0 atom stereocenters. The highest BCUT2D eigenvalue weighted by molar-refractivity contribution is 9.10. The van der Waals surface area contributed by atoms with Crippen LogP contribution in [0.4, 0.5) is 11.7 Å². The third kappa shape index (κ3) is 3.32. The number of carbonyl (C=O) groups is 1. The van der Waals surface area contributed by atoms with Crippen molar-refractivity contribution < 1.29 is 13.9 Å². The van der Waals surface area contributed by atoms with Gasteiger partial charge in [-0.15, -0.1) is 0 Å². The zero-order chi connectivity index (χ0) is 14.7. The first-order chi connectivity index (χ1) is 9.51. The summed E-state index contributed by atoms with van der Waals surface area (Å²) in [5, 5.41) is 3.56. The van der Waals surface area contributed by atoms with Crippen LogP contribution in [0.5, 0.6) is 0 Å². The minimum atomic E-state index is -0.523. The summed E-state index contributed by atoms with van der Waals surface area (Å²) in [6.45, 7) is 3.91. The summed E-state index contributed by atoms with van der Waals surface area (Å²) in [5.74, 6) is -0.523. The van der Waals surface area contributed by atoms with Crippen molar-refractivity contribution in [2.45, 2.75) is 13.8 Å². The number of halogens is 2. The molecule has 0 unspecified atom stereocenters. The molecule has 106 valence electrons. The van der Waals surface area contributed by atoms with Crippen molar-refractivity contribution in [3.05, 3.63) is 39.1 Å². The second-order valence-electron chi connectivity index (χ2n) is 3.96. The van der Waals surface area contributed by atoms with Gasteiger partial charge in [-0.25, -0.2) is 4.79 Å². The van der Waals surface area contributed by atoms with Crippen LogP contribution in [0.3, 0.4) is 0 Å². The Hall–Kier alpha value is -1.53. The van der Waals surface area contributed by atoms with Crippen LogP contribution < -0.4 is 5.32 Å². The Labute approximate surface area is 129 Å². The molecule has 0 aliphatic heterocycles. The molecular formula is C13H12BrClN2O3. The Kier molecular flexibility index (Phi) is 4.67. The molecule has 0 aliphatic carbocycles. The largest absolute Gasteiger partial charge is 0.461 e. The second kappa shape index (κ2) is 6.28. The molecule has 1 heterocycles. The SMILES string of the molecule is CCOC(=O)c1coc(Nc2cc(Cl)c(C)cc2Br)n1. The van der Waals surface area contributed by atoms with Crippen molar-refractivity contribution in [2.24, 2.45) is 0 Å². The smallest absolute Gasteiger partial charge is 0.360 e. The number of hydrogen-bond donors (Lipinski definition) is 1. The Balaban J connectivity index is 2.19. The van der Waals surface area contributed by atoms with E-state index < -0.39 is 5.97 Å². The molecule has 5 nitrogen and oxygen atoms in total. The lowest BCUT2D eigenvalue weighted by Gasteiger charge is -2.07. The number of nitrogens with zero attached hydrogens (tertiary/aromatic N) is 1. The molecule has 20 heavy (non-hydrogen) atoms. The Morgan fingerprint density at radius 1 is 1.55 bits per heavy atom. The molecular weight excluding hydrogens is 348 g/mol. The van der Waals surface area contributed by atoms with Crippen molar-refractivity contribution >= 4 is 45.2 Å². The van der Waals surface area contributed by atoms with Gasteiger partial charge in [0.2, 0.25) is 0 Å². The van der Waals surface area contributed by atoms with Crippen LogP contribution in [0.25, 0.3) is 0 Å². The van der Waals surface area contributed by atoms with Gasteiger partial charge in [0.25, 0.3) is 6.01 Å². The number of hydrogen-bond acceptors (Lipinski definition) is 5. The minimum Gasteiger partial charge on any atom is -0.461 e. The van der Waals surface area contributed by atoms with Crippen molar-refractivity contribution in [3.63, 3.8) is 0 Å². The number of esters is 1. The van der Waals surface area contributed by atoms with Crippen molar-refractivity contribution in [1.29, 1.82) is 0 Å². The number of benzene rings is 1. The first-order valence-corrected chi connectivity index (χ1v) is 7.03. The molecule has 1 aromatic heterocycles. The lowest BCUT2D eigenvalue weighted by atomic mass is 10.2. The maximum Gasteiger partial charge on any atom is 0.360 e. The maximum absolute atomic E-state index is 11.5. The van der Waals surface area contributed by atoms with Gasteiger partial charge in [0.15, 0.2) is 5.69 Å². The van der Waals surface area contributed by atoms with Crippen LogP contribution in [0.2, 0.25) is 5.02 Å². The van der Waals surface area contributed by atoms with Crippen LogP contribution >= 0.6 is 27.5 Å². The van der Waals surface area contributed by atoms with Gasteiger partial charge in [-0.05, 0) is 47.5 Å². The van der Waals surface area contributed by atoms with E-state index in [1.54, 1.807) is 13.0 Å². The molecule has 0 spiro atoms. The van der Waals surface area contributed by atoms with E-state index in [1.165, 1.54) is 6.26 Å². The van der Waals surface area contributed by atoms with Gasteiger partial charge < -0.3 is 14.5 Å². The second-order valence-corrected chi connectivity index (χ2v) is 5.23. The minimum absolute atomic E-state index is 0.115. The molecule has 0 fully saturated rings. The molecule has 2 aromatic rings. The van der Waals surface area contributed by atoms with E-state index in [0.29, 0.717) is 10.7 Å². The van der Waals surface area contributed by atoms with Gasteiger partial charge in [0, 0.05) is 9.50 Å². The summed E-state index contributed by atoms with van der Waals surface area (Å²) in [7, 11) is 0. The first kappa shape index (κ1) is 14.9. The van der Waals surface area contributed by atoms with E-state index >= 15 is 0 Å². The number of anilines is 2. The molecule has 0 aliphatic rings. The standard InChI is InChI=1S/C13H12BrClN2O3/c1-3-19-12(18)11-6-20-13(17-11)16-10-5-9(15)7(2)4-8(10)14/h4-6H,3H2,1-2H3,(H,16,17). The molecule has 1 aromatic carbocycles. The summed E-state index contributed by atoms with van der Waals surface area (Å²) in [6, 6.07) is 3.81. The van der Waals surface area contributed by atoms with Crippen LogP contribution in [-0.4, -0.2) is 17.6 Å². The van der Waals surface area contributed by atoms with Crippen molar-refractivity contribution in [1.82, 2.24) is 4.98 Å². The van der Waals surface area contributed by atoms with E-state index in [1.807, 2.05) is 13.0 Å². The van der Waals surface area contributed by atoms with Gasteiger partial charge in [0.05, 0.1) is 12.3 Å². The fourth-order valence-electron chi connectivity index (χ4n) is 1.49. The van der Waals surface area contributed by atoms with Crippen molar-refractivity contribution in [2.75, 3.05) is 11.9 Å². The molecule has 1 N–H and O–H groups in total. The van der Waals surface area contributed by atoms with Gasteiger partial charge in [0.1, 0.15) is 6.26 Å². The zero-order valence-electron chi connectivity index (χ0n) is 10.9. The van der Waals surface area contributed by atoms with Crippen LogP contribution in [-0.2, 0) is 4.74 Å². The quantitative estimate of drug-likeness (QED) is 0.824. The van der Waals surface area contributed by atoms with E-state index in [0.717, 1.165) is 10.0 Å². The topological polar surface area (TPSA) is 64.4 Å². The predicted molar refractivity (Wildman–Crippen MR) is 79.6 cm³/mol. The van der Waals surface area contributed by atoms with Gasteiger partial charge in [-0.1, -0.05) is 11.6 Å². The van der Waals surface area contributed by atoms with Gasteiger partial charge >= 0.3 is 5.97 Å². The highest BCUT2D eigenvalue weighted by Crippen LogP contribution is 2.31. The number of nitrogens with one attached hydrogen (secondary N) is 1. The number of aryl methyl sites for hydroxylation is 1. The number of rotatable bonds is 4. The molecule has 0 saturated carbocycles. The van der Waals surface area contributed by atoms with E-state index in [-0.39, 0.29) is 18.3 Å². The average molecular weight is 360 g/mol. The van der Waals surface area contributed by atoms with E-state index in [9.17, 15) is 4.79 Å². The molecule has 0 radical (unpaired) electrons. The highest BCUT2D eigenvalue weighted by Gasteiger charge is 2.14. The maximum atomic E-state index is 11.5. The van der Waals surface area contributed by atoms with E-state index in [2.05, 4.69) is 26.2 Å². The summed E-state index contributed by atoms with van der Waals surface area (Å²) in [4.78, 5) is 15.5. The molecule has 0 amide bonds. The van der Waals surface area contributed by atoms with Crippen LogP contribution in [0.1, 0.15) is 23.0 Å². The number of carbonyl (C=O) groups excluding carboxylic acids is 1. The fraction of sp³-hybridized carbons (Fsp3) is 0.231. The third-order valence-corrected chi connectivity index (χ3v) is 3.54. The summed E-state index contributed by atoms with van der Waals surface area (Å²) in [6.07, 6.45) is 1.24. The Morgan fingerprint density at radius 3 is 3.00 bits per heavy atom.